The molecule has 0 saturated carbocycles. The lowest BCUT2D eigenvalue weighted by atomic mass is 10.1. The smallest absolute Gasteiger partial charge is 0.253 e. The Labute approximate surface area is 117 Å². The van der Waals surface area contributed by atoms with Crippen LogP contribution < -0.4 is 0 Å². The third-order valence-corrected chi connectivity index (χ3v) is 3.76. The van der Waals surface area contributed by atoms with E-state index in [1.54, 1.807) is 12.1 Å². The van der Waals surface area contributed by atoms with E-state index in [2.05, 4.69) is 29.8 Å². The zero-order valence-corrected chi connectivity index (χ0v) is 12.7. The Morgan fingerprint density at radius 1 is 1.44 bits per heavy atom. The van der Waals surface area contributed by atoms with Crippen LogP contribution in [0.4, 0.5) is 0 Å². The number of phenolic OH excluding ortho intramolecular Hbond substituents is 1. The van der Waals surface area contributed by atoms with E-state index in [0.717, 1.165) is 13.0 Å². The Morgan fingerprint density at radius 3 is 2.61 bits per heavy atom. The van der Waals surface area contributed by atoms with Crippen LogP contribution in [-0.4, -0.2) is 29.0 Å². The average molecular weight is 314 g/mol. The zero-order valence-electron chi connectivity index (χ0n) is 11.1. The second-order valence-corrected chi connectivity index (χ2v) is 5.38. The van der Waals surface area contributed by atoms with Gasteiger partial charge in [-0.3, -0.25) is 4.79 Å². The van der Waals surface area contributed by atoms with Gasteiger partial charge in [0.15, 0.2) is 0 Å². The molecule has 1 N–H and O–H groups in total. The number of amides is 1. The van der Waals surface area contributed by atoms with Crippen LogP contribution in [0.15, 0.2) is 22.7 Å². The van der Waals surface area contributed by atoms with Crippen LogP contribution >= 0.6 is 15.9 Å². The Bertz CT molecular complexity index is 420. The number of rotatable bonds is 5. The van der Waals surface area contributed by atoms with Crippen molar-refractivity contribution in [2.75, 3.05) is 13.1 Å². The fraction of sp³-hybridized carbons (Fsp3) is 0.500. The normalized spacial score (nSPS) is 12.2. The Morgan fingerprint density at radius 2 is 2.11 bits per heavy atom. The fourth-order valence-corrected chi connectivity index (χ4v) is 1.94. The third-order valence-electron chi connectivity index (χ3n) is 3.09. The molecule has 1 unspecified atom stereocenters. The van der Waals surface area contributed by atoms with Crippen molar-refractivity contribution in [3.8, 4) is 5.75 Å². The molecule has 0 aliphatic rings. The van der Waals surface area contributed by atoms with E-state index in [1.807, 2.05) is 11.8 Å². The first kappa shape index (κ1) is 15.0. The molecule has 0 heterocycles. The van der Waals surface area contributed by atoms with Crippen molar-refractivity contribution in [1.82, 2.24) is 4.90 Å². The molecular formula is C14H20BrNO2. The molecule has 1 aromatic rings. The van der Waals surface area contributed by atoms with E-state index >= 15 is 0 Å². The highest BCUT2D eigenvalue weighted by atomic mass is 79.9. The lowest BCUT2D eigenvalue weighted by molar-refractivity contribution is 0.0740. The summed E-state index contributed by atoms with van der Waals surface area (Å²) in [6.45, 7) is 7.66. The van der Waals surface area contributed by atoms with Crippen molar-refractivity contribution in [3.63, 3.8) is 0 Å². The van der Waals surface area contributed by atoms with Gasteiger partial charge in [-0.1, -0.05) is 20.3 Å². The maximum Gasteiger partial charge on any atom is 0.253 e. The first-order valence-corrected chi connectivity index (χ1v) is 7.06. The summed E-state index contributed by atoms with van der Waals surface area (Å²) in [6, 6.07) is 4.93. The minimum Gasteiger partial charge on any atom is -0.507 e. The predicted molar refractivity (Wildman–Crippen MR) is 76.8 cm³/mol. The average Bonchev–Trinajstić information content (AvgIpc) is 2.38. The van der Waals surface area contributed by atoms with Gasteiger partial charge in [-0.05, 0) is 47.0 Å². The lowest BCUT2D eigenvalue weighted by Crippen LogP contribution is -2.34. The summed E-state index contributed by atoms with van der Waals surface area (Å²) < 4.78 is 0.601. The van der Waals surface area contributed by atoms with Crippen molar-refractivity contribution < 1.29 is 9.90 Å². The Kier molecular flexibility index (Phi) is 5.66. The molecule has 1 rings (SSSR count). The second-order valence-electron chi connectivity index (χ2n) is 4.52. The molecule has 0 aliphatic carbocycles. The summed E-state index contributed by atoms with van der Waals surface area (Å²) in [6.07, 6.45) is 1.05. The number of benzene rings is 1. The number of phenols is 1. The molecule has 0 spiro atoms. The standard InChI is InChI=1S/C14H20BrNO2/c1-4-10(3)9-16(5-2)14(18)11-6-7-12(15)13(17)8-11/h6-8,10,17H,4-5,9H2,1-3H3. The molecule has 3 nitrogen and oxygen atoms in total. The van der Waals surface area contributed by atoms with Gasteiger partial charge < -0.3 is 10.0 Å². The molecule has 0 saturated heterocycles. The van der Waals surface area contributed by atoms with Crippen molar-refractivity contribution >= 4 is 21.8 Å². The van der Waals surface area contributed by atoms with Crippen LogP contribution in [0.3, 0.4) is 0 Å². The number of halogens is 1. The molecule has 0 bridgehead atoms. The predicted octanol–water partition coefficient (Wildman–Crippen LogP) is 3.66. The van der Waals surface area contributed by atoms with Gasteiger partial charge in [0.25, 0.3) is 5.91 Å². The largest absolute Gasteiger partial charge is 0.507 e. The van der Waals surface area contributed by atoms with E-state index in [1.165, 1.54) is 6.07 Å². The maximum atomic E-state index is 12.3. The number of aromatic hydroxyl groups is 1. The van der Waals surface area contributed by atoms with E-state index in [4.69, 9.17) is 0 Å². The molecule has 0 aromatic heterocycles. The molecule has 1 amide bonds. The van der Waals surface area contributed by atoms with E-state index in [-0.39, 0.29) is 11.7 Å². The molecule has 1 atom stereocenters. The highest BCUT2D eigenvalue weighted by Gasteiger charge is 2.17. The minimum atomic E-state index is -0.0272. The molecule has 0 aliphatic heterocycles. The Hall–Kier alpha value is -1.03. The molecular weight excluding hydrogens is 294 g/mol. The second kappa shape index (κ2) is 6.78. The van der Waals surface area contributed by atoms with E-state index in [0.29, 0.717) is 22.5 Å². The van der Waals surface area contributed by atoms with Crippen LogP contribution in [0.25, 0.3) is 0 Å². The van der Waals surface area contributed by atoms with E-state index in [9.17, 15) is 9.90 Å². The number of nitrogens with zero attached hydrogens (tertiary/aromatic N) is 1. The van der Waals surface area contributed by atoms with Crippen LogP contribution in [-0.2, 0) is 0 Å². The van der Waals surface area contributed by atoms with Gasteiger partial charge in [0.2, 0.25) is 0 Å². The van der Waals surface area contributed by atoms with Crippen LogP contribution in [0, 0.1) is 5.92 Å². The number of carbonyl (C=O) groups excluding carboxylic acids is 1. The van der Waals surface area contributed by atoms with Crippen LogP contribution in [0.1, 0.15) is 37.6 Å². The van der Waals surface area contributed by atoms with Crippen molar-refractivity contribution in [3.05, 3.63) is 28.2 Å². The van der Waals surface area contributed by atoms with Gasteiger partial charge in [-0.2, -0.15) is 0 Å². The van der Waals surface area contributed by atoms with E-state index < -0.39 is 0 Å². The number of carbonyl (C=O) groups is 1. The summed E-state index contributed by atoms with van der Waals surface area (Å²) in [5.74, 6) is 0.555. The van der Waals surface area contributed by atoms with Crippen molar-refractivity contribution in [2.45, 2.75) is 27.2 Å². The highest BCUT2D eigenvalue weighted by Crippen LogP contribution is 2.25. The first-order chi connectivity index (χ1) is 8.49. The highest BCUT2D eigenvalue weighted by molar-refractivity contribution is 9.10. The van der Waals surface area contributed by atoms with Crippen molar-refractivity contribution in [2.24, 2.45) is 5.92 Å². The molecule has 18 heavy (non-hydrogen) atoms. The van der Waals surface area contributed by atoms with Gasteiger partial charge in [-0.25, -0.2) is 0 Å². The Balaban J connectivity index is 2.86. The number of hydrogen-bond acceptors (Lipinski definition) is 2. The summed E-state index contributed by atoms with van der Waals surface area (Å²) in [7, 11) is 0. The summed E-state index contributed by atoms with van der Waals surface area (Å²) >= 11 is 3.21. The fourth-order valence-electron chi connectivity index (χ4n) is 1.69. The third kappa shape index (κ3) is 3.73. The summed E-state index contributed by atoms with van der Waals surface area (Å²) in [5.41, 5.74) is 0.529. The molecule has 1 aromatic carbocycles. The van der Waals surface area contributed by atoms with Gasteiger partial charge in [0.05, 0.1) is 4.47 Å². The van der Waals surface area contributed by atoms with Crippen molar-refractivity contribution in [1.29, 1.82) is 0 Å². The van der Waals surface area contributed by atoms with Gasteiger partial charge in [0.1, 0.15) is 5.75 Å². The first-order valence-electron chi connectivity index (χ1n) is 6.27. The summed E-state index contributed by atoms with van der Waals surface area (Å²) in [4.78, 5) is 14.1. The topological polar surface area (TPSA) is 40.5 Å². The van der Waals surface area contributed by atoms with Gasteiger partial charge >= 0.3 is 0 Å². The molecule has 0 radical (unpaired) electrons. The summed E-state index contributed by atoms with van der Waals surface area (Å²) in [5, 5.41) is 9.61. The molecule has 100 valence electrons. The SMILES string of the molecule is CCC(C)CN(CC)C(=O)c1ccc(Br)c(O)c1. The quantitative estimate of drug-likeness (QED) is 0.901. The molecule has 0 fully saturated rings. The zero-order chi connectivity index (χ0) is 13.7. The number of hydrogen-bond donors (Lipinski definition) is 1. The minimum absolute atomic E-state index is 0.0272. The monoisotopic (exact) mass is 313 g/mol. The maximum absolute atomic E-state index is 12.3. The van der Waals surface area contributed by atoms with Gasteiger partial charge in [-0.15, -0.1) is 0 Å². The molecule has 4 heteroatoms. The lowest BCUT2D eigenvalue weighted by Gasteiger charge is -2.24. The van der Waals surface area contributed by atoms with Crippen LogP contribution in [0.2, 0.25) is 0 Å². The van der Waals surface area contributed by atoms with Gasteiger partial charge in [0, 0.05) is 18.7 Å². The van der Waals surface area contributed by atoms with Crippen LogP contribution in [0.5, 0.6) is 5.75 Å².